The van der Waals surface area contributed by atoms with Crippen LogP contribution < -0.4 is 0 Å². The van der Waals surface area contributed by atoms with Crippen LogP contribution in [0.25, 0.3) is 0 Å². The van der Waals surface area contributed by atoms with Crippen LogP contribution in [0.4, 0.5) is 4.79 Å². The van der Waals surface area contributed by atoms with Crippen molar-refractivity contribution in [1.82, 2.24) is 4.90 Å². The molecule has 0 bridgehead atoms. The van der Waals surface area contributed by atoms with Crippen molar-refractivity contribution in [2.45, 2.75) is 84.8 Å². The number of carbonyl (C=O) groups excluding carboxylic acids is 2. The minimum atomic E-state index is -1.88. The molecule has 1 rings (SSSR count). The van der Waals surface area contributed by atoms with Crippen molar-refractivity contribution in [2.75, 3.05) is 0 Å². The number of carbonyl (C=O) groups is 2. The lowest BCUT2D eigenvalue weighted by molar-refractivity contribution is -0.164. The van der Waals surface area contributed by atoms with Crippen LogP contribution in [0.3, 0.4) is 0 Å². The fraction of sp³-hybridized carbons (Fsp3) is 0.875. The number of hydrogen-bond acceptors (Lipinski definition) is 4. The number of rotatable bonds is 7. The van der Waals surface area contributed by atoms with Crippen LogP contribution in [0.15, 0.2) is 0 Å². The lowest BCUT2D eigenvalue weighted by Gasteiger charge is -2.49. The van der Waals surface area contributed by atoms with Crippen LogP contribution in [-0.2, 0) is 14.0 Å². The molecule has 1 heterocycles. The minimum Gasteiger partial charge on any atom is -0.446 e. The van der Waals surface area contributed by atoms with E-state index >= 15 is 0 Å². The van der Waals surface area contributed by atoms with Gasteiger partial charge in [-0.2, -0.15) is 0 Å². The maximum atomic E-state index is 12.4. The van der Waals surface area contributed by atoms with E-state index in [0.717, 1.165) is 18.1 Å². The highest BCUT2D eigenvalue weighted by molar-refractivity contribution is 6.73. The second kappa shape index (κ2) is 7.59. The van der Waals surface area contributed by atoms with Gasteiger partial charge in [0.15, 0.2) is 8.32 Å². The fourth-order valence-electron chi connectivity index (χ4n) is 2.99. The smallest absolute Gasteiger partial charge is 0.417 e. The summed E-state index contributed by atoms with van der Waals surface area (Å²) < 4.78 is 11.5. The fourth-order valence-corrected chi connectivity index (χ4v) is 5.77. The first-order valence-electron chi connectivity index (χ1n) is 8.44. The molecule has 1 aliphatic rings. The summed E-state index contributed by atoms with van der Waals surface area (Å²) in [6.45, 7) is 14.0. The van der Waals surface area contributed by atoms with E-state index in [1.165, 1.54) is 4.90 Å². The second-order valence-corrected chi connectivity index (χ2v) is 11.4. The van der Waals surface area contributed by atoms with E-state index in [2.05, 4.69) is 20.8 Å². The highest BCUT2D eigenvalue weighted by Crippen LogP contribution is 2.35. The van der Waals surface area contributed by atoms with Gasteiger partial charge in [0.25, 0.3) is 5.91 Å². The number of likely N-dealkylation sites (tertiary alicyclic amines) is 1. The maximum absolute atomic E-state index is 12.4. The largest absolute Gasteiger partial charge is 0.446 e. The summed E-state index contributed by atoms with van der Waals surface area (Å²) in [4.78, 5) is 25.8. The van der Waals surface area contributed by atoms with E-state index in [0.29, 0.717) is 0 Å². The van der Waals surface area contributed by atoms with Gasteiger partial charge in [0.2, 0.25) is 0 Å². The Morgan fingerprint density at radius 3 is 2.00 bits per heavy atom. The molecule has 1 fully saturated rings. The van der Waals surface area contributed by atoms with Crippen molar-refractivity contribution in [3.8, 4) is 0 Å². The van der Waals surface area contributed by atoms with Crippen LogP contribution in [0, 0.1) is 5.92 Å². The Kier molecular flexibility index (Phi) is 6.61. The maximum Gasteiger partial charge on any atom is 0.417 e. The van der Waals surface area contributed by atoms with Crippen molar-refractivity contribution < 1.29 is 18.8 Å². The molecular weight excluding hydrogens is 298 g/mol. The number of amides is 2. The van der Waals surface area contributed by atoms with Gasteiger partial charge in [0, 0.05) is 0 Å². The topological polar surface area (TPSA) is 55.8 Å². The lowest BCUT2D eigenvalue weighted by atomic mass is 9.89. The number of β-lactam (4-membered cyclic amide) rings is 1. The van der Waals surface area contributed by atoms with E-state index in [9.17, 15) is 9.59 Å². The molecule has 0 radical (unpaired) electrons. The van der Waals surface area contributed by atoms with Gasteiger partial charge in [-0.3, -0.25) is 4.79 Å². The normalized spacial score (nSPS) is 22.2. The first kappa shape index (κ1) is 19.2. The van der Waals surface area contributed by atoms with E-state index in [4.69, 9.17) is 9.16 Å². The molecule has 0 N–H and O–H groups in total. The number of hydrogen-bond donors (Lipinski definition) is 0. The lowest BCUT2D eigenvalue weighted by Crippen LogP contribution is -2.71. The van der Waals surface area contributed by atoms with Crippen LogP contribution in [0.5, 0.6) is 0 Å². The van der Waals surface area contributed by atoms with Crippen LogP contribution in [0.1, 0.15) is 48.5 Å². The summed E-state index contributed by atoms with van der Waals surface area (Å²) in [7, 11) is -1.88. The van der Waals surface area contributed by atoms with Crippen LogP contribution in [0.2, 0.25) is 18.1 Å². The van der Waals surface area contributed by atoms with Gasteiger partial charge in [-0.15, -0.1) is 0 Å². The van der Waals surface area contributed by atoms with Gasteiger partial charge in [0.1, 0.15) is 6.10 Å². The van der Waals surface area contributed by atoms with Gasteiger partial charge in [0.05, 0.1) is 12.1 Å². The standard InChI is InChI=1S/C16H31NO4Si/c1-8-22(9-2,10-3)21-14-13(11(4)5)17(15(14)18)16(19)20-12(6)7/h11-14H,8-10H2,1-7H3/t13-,14+/m0/s1. The van der Waals surface area contributed by atoms with Crippen LogP contribution in [-0.4, -0.2) is 43.5 Å². The van der Waals surface area contributed by atoms with Crippen molar-refractivity contribution in [3.05, 3.63) is 0 Å². The summed E-state index contributed by atoms with van der Waals surface area (Å²) in [5.74, 6) is -0.0868. The zero-order chi connectivity index (χ0) is 17.1. The summed E-state index contributed by atoms with van der Waals surface area (Å²) in [6.07, 6.45) is -1.26. The Morgan fingerprint density at radius 1 is 1.14 bits per heavy atom. The molecule has 0 aromatic heterocycles. The molecule has 0 unspecified atom stereocenters. The Morgan fingerprint density at radius 2 is 1.64 bits per heavy atom. The van der Waals surface area contributed by atoms with Gasteiger partial charge >= 0.3 is 6.09 Å². The molecule has 0 spiro atoms. The molecule has 22 heavy (non-hydrogen) atoms. The highest BCUT2D eigenvalue weighted by Gasteiger charge is 2.55. The predicted octanol–water partition coefficient (Wildman–Crippen LogP) is 3.79. The summed E-state index contributed by atoms with van der Waals surface area (Å²) >= 11 is 0. The van der Waals surface area contributed by atoms with Crippen molar-refractivity contribution in [3.63, 3.8) is 0 Å². The molecule has 128 valence electrons. The molecule has 5 nitrogen and oxygen atoms in total. The van der Waals surface area contributed by atoms with E-state index < -0.39 is 20.5 Å². The van der Waals surface area contributed by atoms with Gasteiger partial charge in [-0.05, 0) is 37.9 Å². The molecule has 0 aliphatic carbocycles. The molecule has 6 heteroatoms. The minimum absolute atomic E-state index is 0.152. The number of ether oxygens (including phenoxy) is 1. The molecule has 0 saturated carbocycles. The molecule has 1 aliphatic heterocycles. The Balaban J connectivity index is 2.90. The molecule has 2 atom stereocenters. The van der Waals surface area contributed by atoms with Gasteiger partial charge < -0.3 is 9.16 Å². The predicted molar refractivity (Wildman–Crippen MR) is 89.2 cm³/mol. The van der Waals surface area contributed by atoms with Crippen molar-refractivity contribution >= 4 is 20.3 Å². The Labute approximate surface area is 135 Å². The SMILES string of the molecule is CC[Si](CC)(CC)O[C@H]1C(=O)N(C(=O)OC(C)C)[C@H]1C(C)C. The zero-order valence-electron chi connectivity index (χ0n) is 15.0. The number of nitrogens with zero attached hydrogens (tertiary/aromatic N) is 1. The van der Waals surface area contributed by atoms with Crippen molar-refractivity contribution in [1.29, 1.82) is 0 Å². The summed E-state index contributed by atoms with van der Waals surface area (Å²) in [6, 6.07) is 2.76. The van der Waals surface area contributed by atoms with E-state index in [1.54, 1.807) is 13.8 Å². The van der Waals surface area contributed by atoms with E-state index in [1.807, 2.05) is 13.8 Å². The van der Waals surface area contributed by atoms with Crippen LogP contribution >= 0.6 is 0 Å². The Hall–Kier alpha value is -0.883. The van der Waals surface area contributed by atoms with Gasteiger partial charge in [-0.25, -0.2) is 9.69 Å². The van der Waals surface area contributed by atoms with Crippen molar-refractivity contribution in [2.24, 2.45) is 5.92 Å². The second-order valence-electron chi connectivity index (χ2n) is 6.66. The quantitative estimate of drug-likeness (QED) is 0.527. The summed E-state index contributed by atoms with van der Waals surface area (Å²) in [5.41, 5.74) is 0. The molecule has 2 amide bonds. The third-order valence-electron chi connectivity index (χ3n) is 4.62. The average molecular weight is 330 g/mol. The first-order valence-corrected chi connectivity index (χ1v) is 11.0. The monoisotopic (exact) mass is 329 g/mol. The molecule has 0 aromatic rings. The third kappa shape index (κ3) is 3.71. The highest BCUT2D eigenvalue weighted by atomic mass is 28.4. The van der Waals surface area contributed by atoms with E-state index in [-0.39, 0.29) is 24.0 Å². The average Bonchev–Trinajstić information content (AvgIpc) is 2.45. The summed E-state index contributed by atoms with van der Waals surface area (Å²) in [5, 5.41) is 0. The first-order chi connectivity index (χ1) is 10.2. The zero-order valence-corrected chi connectivity index (χ0v) is 16.0. The molecule has 1 saturated heterocycles. The molecular formula is C16H31NO4Si. The number of imide groups is 1. The molecule has 0 aromatic carbocycles. The third-order valence-corrected chi connectivity index (χ3v) is 9.24. The van der Waals surface area contributed by atoms with Gasteiger partial charge in [-0.1, -0.05) is 34.6 Å². The Bertz CT molecular complexity index is 399.